The number of benzene rings is 2. The number of hydrogen-bond acceptors (Lipinski definition) is 4. The smallest absolute Gasteiger partial charge is 0.266 e. The quantitative estimate of drug-likeness (QED) is 0.780. The summed E-state index contributed by atoms with van der Waals surface area (Å²) in [6, 6.07) is 17.9. The van der Waals surface area contributed by atoms with Gasteiger partial charge in [0.2, 0.25) is 0 Å². The Morgan fingerprint density at radius 1 is 1.00 bits per heavy atom. The molecular weight excluding hydrogens is 336 g/mol. The summed E-state index contributed by atoms with van der Waals surface area (Å²) < 4.78 is 0. The molecule has 1 amide bonds. The zero-order valence-corrected chi connectivity index (χ0v) is 15.8. The van der Waals surface area contributed by atoms with E-state index in [2.05, 4.69) is 36.4 Å². The number of carbonyl (C=O) groups excluding carboxylic acids is 1. The number of piperazine rings is 1. The summed E-state index contributed by atoms with van der Waals surface area (Å²) >= 11 is 0. The van der Waals surface area contributed by atoms with Crippen LogP contribution in [0.25, 0.3) is 22.2 Å². The maximum atomic E-state index is 13.1. The molecule has 0 spiro atoms. The molecule has 1 aromatic heterocycles. The van der Waals surface area contributed by atoms with Gasteiger partial charge in [0.15, 0.2) is 0 Å². The molecule has 4 rings (SSSR count). The second kappa shape index (κ2) is 7.47. The van der Waals surface area contributed by atoms with E-state index in [4.69, 9.17) is 4.98 Å². The molecule has 1 fully saturated rings. The molecule has 2 heterocycles. The summed E-state index contributed by atoms with van der Waals surface area (Å²) in [6.07, 6.45) is 0. The molecule has 0 bridgehead atoms. The number of pyridine rings is 1. The zero-order valence-electron chi connectivity index (χ0n) is 15.8. The van der Waals surface area contributed by atoms with Crippen LogP contribution in [0.4, 0.5) is 0 Å². The van der Waals surface area contributed by atoms with Crippen molar-refractivity contribution in [1.29, 1.82) is 0 Å². The Bertz CT molecular complexity index is 977. The van der Waals surface area contributed by atoms with Gasteiger partial charge in [-0.25, -0.2) is 9.99 Å². The summed E-state index contributed by atoms with van der Waals surface area (Å²) in [4.78, 5) is 20.2. The fraction of sp³-hybridized carbons (Fsp3) is 0.273. The van der Waals surface area contributed by atoms with Gasteiger partial charge in [-0.1, -0.05) is 42.5 Å². The molecule has 0 aliphatic carbocycles. The predicted octanol–water partition coefficient (Wildman–Crippen LogP) is 3.10. The van der Waals surface area contributed by atoms with Crippen molar-refractivity contribution in [2.45, 2.75) is 6.92 Å². The van der Waals surface area contributed by atoms with Gasteiger partial charge in [0.05, 0.1) is 16.8 Å². The Labute approximate surface area is 159 Å². The minimum atomic E-state index is -0.0759. The van der Waals surface area contributed by atoms with Crippen molar-refractivity contribution < 1.29 is 4.79 Å². The molecule has 0 radical (unpaired) electrons. The molecule has 1 N–H and O–H groups in total. The third-order valence-electron chi connectivity index (χ3n) is 5.14. The van der Waals surface area contributed by atoms with Crippen molar-refractivity contribution in [2.24, 2.45) is 0 Å². The number of nitrogens with one attached hydrogen (secondary N) is 1. The van der Waals surface area contributed by atoms with Gasteiger partial charge in [-0.15, -0.1) is 0 Å². The number of fused-ring (bicyclic) bond motifs is 1. The number of nitrogens with zero attached hydrogens (tertiary/aromatic N) is 3. The topological polar surface area (TPSA) is 48.5 Å². The van der Waals surface area contributed by atoms with E-state index in [1.54, 1.807) is 0 Å². The van der Waals surface area contributed by atoms with Crippen LogP contribution in [-0.4, -0.2) is 54.0 Å². The maximum absolute atomic E-state index is 13.1. The lowest BCUT2D eigenvalue weighted by atomic mass is 10.0. The van der Waals surface area contributed by atoms with Gasteiger partial charge >= 0.3 is 0 Å². The number of rotatable bonds is 3. The van der Waals surface area contributed by atoms with E-state index in [0.29, 0.717) is 5.56 Å². The van der Waals surface area contributed by atoms with Crippen LogP contribution < -0.4 is 5.43 Å². The highest BCUT2D eigenvalue weighted by molar-refractivity contribution is 6.07. The highest BCUT2D eigenvalue weighted by Gasteiger charge is 2.19. The average Bonchev–Trinajstić information content (AvgIpc) is 2.69. The molecule has 27 heavy (non-hydrogen) atoms. The monoisotopic (exact) mass is 360 g/mol. The molecule has 5 heteroatoms. The lowest BCUT2D eigenvalue weighted by Gasteiger charge is -2.32. The lowest BCUT2D eigenvalue weighted by molar-refractivity contribution is 0.0664. The average molecular weight is 360 g/mol. The van der Waals surface area contributed by atoms with E-state index >= 15 is 0 Å². The minimum Gasteiger partial charge on any atom is -0.304 e. The summed E-state index contributed by atoms with van der Waals surface area (Å²) in [5.41, 5.74) is 7.61. The predicted molar refractivity (Wildman–Crippen MR) is 108 cm³/mol. The van der Waals surface area contributed by atoms with Crippen molar-refractivity contribution in [1.82, 2.24) is 20.3 Å². The van der Waals surface area contributed by atoms with Crippen molar-refractivity contribution in [3.63, 3.8) is 0 Å². The highest BCUT2D eigenvalue weighted by atomic mass is 16.2. The Hall–Kier alpha value is -2.76. The Morgan fingerprint density at radius 3 is 2.48 bits per heavy atom. The first-order chi connectivity index (χ1) is 13.1. The summed E-state index contributed by atoms with van der Waals surface area (Å²) in [7, 11) is 2.10. The second-order valence-corrected chi connectivity index (χ2v) is 7.12. The van der Waals surface area contributed by atoms with Gasteiger partial charge in [0.1, 0.15) is 0 Å². The van der Waals surface area contributed by atoms with Gasteiger partial charge in [0, 0.05) is 37.1 Å². The summed E-state index contributed by atoms with van der Waals surface area (Å²) in [5.74, 6) is -0.0759. The van der Waals surface area contributed by atoms with Crippen molar-refractivity contribution >= 4 is 16.8 Å². The van der Waals surface area contributed by atoms with E-state index in [9.17, 15) is 4.79 Å². The maximum Gasteiger partial charge on any atom is 0.266 e. The van der Waals surface area contributed by atoms with Crippen molar-refractivity contribution in [2.75, 3.05) is 33.2 Å². The number of hydrazine groups is 1. The van der Waals surface area contributed by atoms with Gasteiger partial charge in [-0.3, -0.25) is 10.2 Å². The Balaban J connectivity index is 1.72. The number of likely N-dealkylation sites (N-methyl/N-ethyl adjacent to an activating group) is 1. The molecule has 3 aromatic rings. The van der Waals surface area contributed by atoms with Gasteiger partial charge in [0.25, 0.3) is 5.91 Å². The van der Waals surface area contributed by atoms with E-state index in [0.717, 1.165) is 53.9 Å². The van der Waals surface area contributed by atoms with Gasteiger partial charge in [-0.05, 0) is 31.7 Å². The molecule has 0 unspecified atom stereocenters. The Kier molecular flexibility index (Phi) is 4.88. The summed E-state index contributed by atoms with van der Waals surface area (Å²) in [5, 5.41) is 2.88. The third-order valence-corrected chi connectivity index (χ3v) is 5.14. The fourth-order valence-electron chi connectivity index (χ4n) is 3.48. The number of aromatic nitrogens is 1. The van der Waals surface area contributed by atoms with Gasteiger partial charge < -0.3 is 4.90 Å². The van der Waals surface area contributed by atoms with E-state index in [-0.39, 0.29) is 5.91 Å². The van der Waals surface area contributed by atoms with Crippen LogP contribution in [0, 0.1) is 6.92 Å². The Morgan fingerprint density at radius 2 is 1.70 bits per heavy atom. The van der Waals surface area contributed by atoms with Crippen LogP contribution in [0.1, 0.15) is 15.9 Å². The lowest BCUT2D eigenvalue weighted by Crippen LogP contribution is -2.52. The highest BCUT2D eigenvalue weighted by Crippen LogP contribution is 2.27. The molecule has 1 aliphatic heterocycles. The molecule has 0 saturated carbocycles. The second-order valence-electron chi connectivity index (χ2n) is 7.12. The SMILES string of the molecule is Cc1ccccc1-c1cc(C(=O)NN2CCN(C)CC2)c2ccccc2n1. The molecule has 5 nitrogen and oxygen atoms in total. The van der Waals surface area contributed by atoms with Gasteiger partial charge in [-0.2, -0.15) is 0 Å². The minimum absolute atomic E-state index is 0.0759. The van der Waals surface area contributed by atoms with E-state index in [1.165, 1.54) is 0 Å². The van der Waals surface area contributed by atoms with E-state index in [1.807, 2.05) is 47.5 Å². The number of para-hydroxylation sites is 1. The number of carbonyl (C=O) groups is 1. The third kappa shape index (κ3) is 3.70. The standard InChI is InChI=1S/C22H24N4O/c1-16-7-3-4-8-17(16)21-15-19(18-9-5-6-10-20(18)23-21)22(27)24-26-13-11-25(2)12-14-26/h3-10,15H,11-14H2,1-2H3,(H,24,27). The van der Waals surface area contributed by atoms with Crippen molar-refractivity contribution in [3.05, 3.63) is 65.7 Å². The largest absolute Gasteiger partial charge is 0.304 e. The molecular formula is C22H24N4O. The van der Waals surface area contributed by atoms with Crippen LogP contribution in [0.3, 0.4) is 0 Å². The molecule has 1 saturated heterocycles. The number of aryl methyl sites for hydroxylation is 1. The molecule has 2 aromatic carbocycles. The van der Waals surface area contributed by atoms with Crippen LogP contribution in [0.15, 0.2) is 54.6 Å². The number of amides is 1. The van der Waals surface area contributed by atoms with Crippen LogP contribution in [0.5, 0.6) is 0 Å². The van der Waals surface area contributed by atoms with E-state index < -0.39 is 0 Å². The van der Waals surface area contributed by atoms with Crippen LogP contribution in [-0.2, 0) is 0 Å². The number of hydrogen-bond donors (Lipinski definition) is 1. The van der Waals surface area contributed by atoms with Crippen molar-refractivity contribution in [3.8, 4) is 11.3 Å². The first-order valence-corrected chi connectivity index (χ1v) is 9.32. The first-order valence-electron chi connectivity index (χ1n) is 9.32. The summed E-state index contributed by atoms with van der Waals surface area (Å²) in [6.45, 7) is 5.62. The van der Waals surface area contributed by atoms with Crippen LogP contribution in [0.2, 0.25) is 0 Å². The first kappa shape index (κ1) is 17.6. The molecule has 1 aliphatic rings. The normalized spacial score (nSPS) is 15.8. The van der Waals surface area contributed by atoms with Crippen LogP contribution >= 0.6 is 0 Å². The fourth-order valence-corrected chi connectivity index (χ4v) is 3.48. The molecule has 0 atom stereocenters. The molecule has 138 valence electrons. The zero-order chi connectivity index (χ0) is 18.8.